The minimum atomic E-state index is -1.03. The molecule has 7 N–H and O–H groups in total. The highest BCUT2D eigenvalue weighted by Gasteiger charge is 2.13. The second kappa shape index (κ2) is 23.9. The summed E-state index contributed by atoms with van der Waals surface area (Å²) in [4.78, 5) is 45.5. The van der Waals surface area contributed by atoms with E-state index in [2.05, 4.69) is 20.4 Å². The molecule has 12 nitrogen and oxygen atoms in total. The number of anilines is 3. The minimum Gasteiger partial charge on any atom is -0.505 e. The van der Waals surface area contributed by atoms with Gasteiger partial charge < -0.3 is 40.8 Å². The molecule has 7 aromatic rings. The Kier molecular flexibility index (Phi) is 18.8. The van der Waals surface area contributed by atoms with Crippen molar-refractivity contribution in [1.82, 2.24) is 0 Å². The molecule has 0 saturated heterocycles. The predicted octanol–water partition coefficient (Wildman–Crippen LogP) is 13.6. The number of carboxylic acids is 1. The van der Waals surface area contributed by atoms with Gasteiger partial charge in [-0.05, 0) is 97.4 Å². The molecule has 0 unspecified atom stereocenters. The third-order valence-corrected chi connectivity index (χ3v) is 9.76. The van der Waals surface area contributed by atoms with Gasteiger partial charge in [-0.15, -0.1) is 0 Å². The maximum Gasteiger partial charge on any atom is 0.371 e. The molecule has 0 aliphatic carbocycles. The molecule has 7 rings (SSSR count). The van der Waals surface area contributed by atoms with Crippen LogP contribution in [0.4, 0.5) is 17.1 Å². The lowest BCUT2D eigenvalue weighted by Gasteiger charge is -2.08. The average Bonchev–Trinajstić information content (AvgIpc) is 3.81. The Hall–Kier alpha value is -6.38. The number of rotatable bonds is 7. The number of halogens is 6. The Bertz CT molecular complexity index is 2750. The number of benzene rings is 6. The highest BCUT2D eigenvalue weighted by atomic mass is 35.5. The first kappa shape index (κ1) is 50.3. The molecule has 1 aromatic heterocycles. The van der Waals surface area contributed by atoms with E-state index in [1.54, 1.807) is 30.3 Å². The predicted molar refractivity (Wildman–Crippen MR) is 254 cm³/mol. The molecule has 1 heterocycles. The SMILES string of the molecule is CC(C)=CC(=O)Nc1cc(Cl)c(O)c(Cl)c1.O=C(Nc1cc(Cl)c(O)c(Cl)c1)c1ccc2ccccc2c1.O=C(Nc1cc(Cl)c(O)c(Cl)c1)c1ccccc1.O=C(O)c1ccco1. The number of amides is 3. The van der Waals surface area contributed by atoms with Gasteiger partial charge in [0, 0.05) is 34.3 Å². The average molecular weight is 987 g/mol. The van der Waals surface area contributed by atoms with Crippen LogP contribution in [-0.2, 0) is 4.79 Å². The summed E-state index contributed by atoms with van der Waals surface area (Å²) < 4.78 is 4.50. The van der Waals surface area contributed by atoms with Crippen LogP contribution in [0.1, 0.15) is 45.1 Å². The molecule has 0 bridgehead atoms. The van der Waals surface area contributed by atoms with E-state index in [9.17, 15) is 34.5 Å². The normalized spacial score (nSPS) is 10.1. The van der Waals surface area contributed by atoms with Crippen LogP contribution >= 0.6 is 69.6 Å². The number of aromatic carboxylic acids is 1. The van der Waals surface area contributed by atoms with Gasteiger partial charge in [-0.2, -0.15) is 0 Å². The molecule has 0 atom stereocenters. The minimum absolute atomic E-state index is 0.0231. The summed E-state index contributed by atoms with van der Waals surface area (Å²) in [6.45, 7) is 3.63. The number of aromatic hydroxyl groups is 3. The van der Waals surface area contributed by atoms with Crippen LogP contribution < -0.4 is 16.0 Å². The Morgan fingerprint density at radius 1 is 0.500 bits per heavy atom. The van der Waals surface area contributed by atoms with Crippen molar-refractivity contribution < 1.29 is 44.0 Å². The lowest BCUT2D eigenvalue weighted by Crippen LogP contribution is -2.11. The first-order valence-electron chi connectivity index (χ1n) is 18.3. The topological polar surface area (TPSA) is 198 Å². The summed E-state index contributed by atoms with van der Waals surface area (Å²) in [5, 5.41) is 47.0. The molecule has 64 heavy (non-hydrogen) atoms. The number of nitrogens with one attached hydrogen (secondary N) is 3. The molecular weight excluding hydrogens is 951 g/mol. The number of carbonyl (C=O) groups is 4. The number of phenols is 3. The number of carboxylic acid groups (broad SMARTS) is 1. The Labute approximate surface area is 396 Å². The van der Waals surface area contributed by atoms with Crippen molar-refractivity contribution in [2.75, 3.05) is 16.0 Å². The first-order chi connectivity index (χ1) is 30.3. The van der Waals surface area contributed by atoms with Crippen LogP contribution in [0.25, 0.3) is 10.8 Å². The molecule has 0 fully saturated rings. The van der Waals surface area contributed by atoms with Crippen LogP contribution in [0, 0.1) is 0 Å². The standard InChI is InChI=1S/C17H11Cl2NO2.C13H9Cl2NO2.C11H11Cl2NO2.C5H4O3/c18-14-8-13(9-15(19)16(14)21)20-17(22)12-6-5-10-3-1-2-4-11(10)7-12;14-10-6-9(7-11(15)12(10)17)16-13(18)8-4-2-1-3-5-8;1-6(2)3-10(15)14-7-4-8(12)11(16)9(13)5-7;6-5(7)4-2-1-3-8-4/h1-9,21H,(H,20,22);1-7,17H,(H,16,18);3-5,16H,1-2H3,(H,14,15);1-3H,(H,6,7). The van der Waals surface area contributed by atoms with Crippen LogP contribution in [0.2, 0.25) is 30.1 Å². The monoisotopic (exact) mass is 983 g/mol. The highest BCUT2D eigenvalue weighted by molar-refractivity contribution is 6.39. The first-order valence-corrected chi connectivity index (χ1v) is 20.5. The fourth-order valence-corrected chi connectivity index (χ4v) is 6.54. The van der Waals surface area contributed by atoms with E-state index in [4.69, 9.17) is 74.7 Å². The summed E-state index contributed by atoms with van der Waals surface area (Å²) in [6.07, 6.45) is 2.78. The van der Waals surface area contributed by atoms with E-state index in [0.29, 0.717) is 28.2 Å². The Morgan fingerprint density at radius 2 is 0.922 bits per heavy atom. The zero-order chi connectivity index (χ0) is 47.1. The lowest BCUT2D eigenvalue weighted by atomic mass is 10.1. The summed E-state index contributed by atoms with van der Waals surface area (Å²) >= 11 is 34.6. The number of phenolic OH excluding ortho intramolecular Hbond substituents is 3. The van der Waals surface area contributed by atoms with Crippen molar-refractivity contribution in [1.29, 1.82) is 0 Å². The quantitative estimate of drug-likeness (QED) is 0.0600. The molecule has 18 heteroatoms. The number of fused-ring (bicyclic) bond motifs is 1. The molecule has 0 radical (unpaired) electrons. The zero-order valence-electron chi connectivity index (χ0n) is 33.3. The fraction of sp³-hybridized carbons (Fsp3) is 0.0435. The highest BCUT2D eigenvalue weighted by Crippen LogP contribution is 2.37. The number of hydrogen-bond acceptors (Lipinski definition) is 8. The maximum absolute atomic E-state index is 12.3. The smallest absolute Gasteiger partial charge is 0.371 e. The number of carbonyl (C=O) groups excluding carboxylic acids is 3. The second-order valence-corrected chi connectivity index (χ2v) is 15.6. The van der Waals surface area contributed by atoms with Crippen molar-refractivity contribution in [3.8, 4) is 17.2 Å². The largest absolute Gasteiger partial charge is 0.505 e. The van der Waals surface area contributed by atoms with E-state index < -0.39 is 5.97 Å². The van der Waals surface area contributed by atoms with Gasteiger partial charge in [-0.1, -0.05) is 124 Å². The van der Waals surface area contributed by atoms with Crippen molar-refractivity contribution in [2.45, 2.75) is 13.8 Å². The Morgan fingerprint density at radius 3 is 1.33 bits per heavy atom. The molecule has 0 aliphatic heterocycles. The van der Waals surface area contributed by atoms with Crippen molar-refractivity contribution in [3.05, 3.63) is 186 Å². The van der Waals surface area contributed by atoms with Crippen LogP contribution in [-0.4, -0.2) is 44.1 Å². The van der Waals surface area contributed by atoms with Gasteiger partial charge in [0.1, 0.15) is 0 Å². The van der Waals surface area contributed by atoms with Gasteiger partial charge in [-0.25, -0.2) is 4.79 Å². The van der Waals surface area contributed by atoms with E-state index in [0.717, 1.165) is 16.3 Å². The van der Waals surface area contributed by atoms with Gasteiger partial charge >= 0.3 is 5.97 Å². The molecule has 0 saturated carbocycles. The number of allylic oxidation sites excluding steroid dienone is 1. The number of furan rings is 1. The lowest BCUT2D eigenvalue weighted by molar-refractivity contribution is -0.112. The second-order valence-electron chi connectivity index (χ2n) is 13.2. The van der Waals surface area contributed by atoms with Gasteiger partial charge in [0.2, 0.25) is 11.7 Å². The van der Waals surface area contributed by atoms with Gasteiger partial charge in [0.05, 0.1) is 36.4 Å². The third kappa shape index (κ3) is 15.2. The number of hydrogen-bond donors (Lipinski definition) is 7. The molecule has 0 spiro atoms. The summed E-state index contributed by atoms with van der Waals surface area (Å²) in [7, 11) is 0. The van der Waals surface area contributed by atoms with Crippen LogP contribution in [0.3, 0.4) is 0 Å². The third-order valence-electron chi connectivity index (χ3n) is 8.03. The molecule has 3 amide bonds. The molecule has 330 valence electrons. The maximum atomic E-state index is 12.3. The van der Waals surface area contributed by atoms with Crippen molar-refractivity contribution >= 4 is 121 Å². The van der Waals surface area contributed by atoms with E-state index in [1.165, 1.54) is 60.9 Å². The molecule has 0 aliphatic rings. The van der Waals surface area contributed by atoms with Crippen molar-refractivity contribution in [2.24, 2.45) is 0 Å². The van der Waals surface area contributed by atoms with E-state index >= 15 is 0 Å². The molecular formula is C46H35Cl6N3O9. The van der Waals surface area contributed by atoms with E-state index in [-0.39, 0.29) is 70.9 Å². The van der Waals surface area contributed by atoms with Crippen LogP contribution in [0.5, 0.6) is 17.2 Å². The van der Waals surface area contributed by atoms with Crippen LogP contribution in [0.15, 0.2) is 144 Å². The summed E-state index contributed by atoms with van der Waals surface area (Å²) in [6, 6.07) is 33.5. The van der Waals surface area contributed by atoms with Gasteiger partial charge in [0.25, 0.3) is 11.8 Å². The van der Waals surface area contributed by atoms with Gasteiger partial charge in [-0.3, -0.25) is 14.4 Å². The zero-order valence-corrected chi connectivity index (χ0v) is 37.8. The summed E-state index contributed by atoms with van der Waals surface area (Å²) in [5.74, 6) is -2.46. The Balaban J connectivity index is 0.000000196. The van der Waals surface area contributed by atoms with Gasteiger partial charge in [0.15, 0.2) is 17.2 Å². The fourth-order valence-electron chi connectivity index (χ4n) is 5.08. The summed E-state index contributed by atoms with van der Waals surface area (Å²) in [5.41, 5.74) is 3.23. The van der Waals surface area contributed by atoms with Crippen molar-refractivity contribution in [3.63, 3.8) is 0 Å². The molecule has 6 aromatic carbocycles. The van der Waals surface area contributed by atoms with E-state index in [1.807, 2.05) is 56.3 Å².